The van der Waals surface area contributed by atoms with E-state index in [1.807, 2.05) is 12.3 Å². The Morgan fingerprint density at radius 3 is 2.66 bits per heavy atom. The van der Waals surface area contributed by atoms with E-state index in [-0.39, 0.29) is 5.56 Å². The predicted octanol–water partition coefficient (Wildman–Crippen LogP) is 6.49. The molecule has 2 N–H and O–H groups in total. The Bertz CT molecular complexity index is 877. The van der Waals surface area contributed by atoms with Crippen LogP contribution in [0.3, 0.4) is 0 Å². The molecule has 0 amide bonds. The van der Waals surface area contributed by atoms with E-state index < -0.39 is 5.97 Å². The van der Waals surface area contributed by atoms with Crippen LogP contribution in [0.2, 0.25) is 10.0 Å². The average molecular weight is 472 g/mol. The Kier molecular flexibility index (Phi) is 8.35. The molecule has 3 rings (SSSR count). The lowest BCUT2D eigenvalue weighted by atomic mass is 9.89. The zero-order chi connectivity index (χ0) is 20.8. The van der Waals surface area contributed by atoms with Crippen molar-refractivity contribution in [1.82, 2.24) is 9.97 Å². The number of carboxylic acid groups (broad SMARTS) is 1. The molecule has 0 atom stereocenters. The quantitative estimate of drug-likeness (QED) is 0.258. The number of hydrogen-bond donors (Lipinski definition) is 2. The number of carbonyl (C=O) groups is 1. The topological polar surface area (TPSA) is 75.1 Å². The van der Waals surface area contributed by atoms with Crippen molar-refractivity contribution in [1.29, 1.82) is 0 Å². The highest BCUT2D eigenvalue weighted by molar-refractivity contribution is 7.99. The molecule has 1 heterocycles. The van der Waals surface area contributed by atoms with E-state index in [2.05, 4.69) is 15.3 Å². The molecule has 0 aliphatic heterocycles. The van der Waals surface area contributed by atoms with E-state index in [9.17, 15) is 9.90 Å². The van der Waals surface area contributed by atoms with Gasteiger partial charge >= 0.3 is 5.97 Å². The number of hydrogen-bond acceptors (Lipinski definition) is 6. The first-order chi connectivity index (χ1) is 14.0. The molecule has 0 radical (unpaired) electrons. The third-order valence-corrected chi connectivity index (χ3v) is 7.07. The first kappa shape index (κ1) is 22.5. The molecule has 1 aromatic carbocycles. The van der Waals surface area contributed by atoms with Crippen LogP contribution in [0.5, 0.6) is 0 Å². The molecule has 156 valence electrons. The van der Waals surface area contributed by atoms with Crippen LogP contribution < -0.4 is 5.32 Å². The second-order valence-corrected chi connectivity index (χ2v) is 9.53. The van der Waals surface area contributed by atoms with Crippen LogP contribution in [0.1, 0.15) is 48.0 Å². The van der Waals surface area contributed by atoms with E-state index in [1.54, 1.807) is 12.1 Å². The number of thioether (sulfide) groups is 2. The number of anilines is 1. The summed E-state index contributed by atoms with van der Waals surface area (Å²) in [5, 5.41) is 15.3. The second kappa shape index (κ2) is 10.8. The van der Waals surface area contributed by atoms with Gasteiger partial charge < -0.3 is 10.4 Å². The molecule has 1 aromatic heterocycles. The van der Waals surface area contributed by atoms with Gasteiger partial charge in [-0.3, -0.25) is 0 Å². The highest BCUT2D eigenvalue weighted by Gasteiger charge is 2.22. The van der Waals surface area contributed by atoms with Crippen molar-refractivity contribution < 1.29 is 9.90 Å². The number of rotatable bonds is 8. The molecule has 1 aliphatic rings. The minimum Gasteiger partial charge on any atom is -0.477 e. The Morgan fingerprint density at radius 2 is 2.00 bits per heavy atom. The molecule has 5 nitrogen and oxygen atoms in total. The standard InChI is InChI=1S/C20H23Cl2N3O2S2/c1-28-20-24-17(23-10-12-5-3-2-4-6-12)16(19(26)27)18(25-20)29-11-13-7-8-14(21)9-15(13)22/h7-9,12H,2-6,10-11H2,1H3,(H,26,27)(H,23,24,25). The lowest BCUT2D eigenvalue weighted by molar-refractivity contribution is 0.0692. The molecule has 1 fully saturated rings. The zero-order valence-corrected chi connectivity index (χ0v) is 19.2. The molecule has 0 bridgehead atoms. The van der Waals surface area contributed by atoms with E-state index in [0.717, 1.165) is 12.1 Å². The van der Waals surface area contributed by atoms with Gasteiger partial charge in [0.15, 0.2) is 5.16 Å². The van der Waals surface area contributed by atoms with E-state index >= 15 is 0 Å². The molecular formula is C20H23Cl2N3O2S2. The van der Waals surface area contributed by atoms with Crippen LogP contribution in [-0.4, -0.2) is 33.8 Å². The van der Waals surface area contributed by atoms with Gasteiger partial charge in [0.25, 0.3) is 0 Å². The van der Waals surface area contributed by atoms with Crippen LogP contribution in [-0.2, 0) is 5.75 Å². The van der Waals surface area contributed by atoms with Gasteiger partial charge in [0.05, 0.1) is 0 Å². The van der Waals surface area contributed by atoms with Crippen LogP contribution >= 0.6 is 46.7 Å². The molecule has 1 saturated carbocycles. The Hall–Kier alpha value is -1.15. The van der Waals surface area contributed by atoms with Gasteiger partial charge in [-0.15, -0.1) is 11.8 Å². The van der Waals surface area contributed by atoms with E-state index in [0.29, 0.717) is 37.7 Å². The van der Waals surface area contributed by atoms with Gasteiger partial charge in [0.1, 0.15) is 16.4 Å². The molecule has 0 spiro atoms. The predicted molar refractivity (Wildman–Crippen MR) is 122 cm³/mol. The minimum absolute atomic E-state index is 0.119. The molecule has 0 saturated heterocycles. The highest BCUT2D eigenvalue weighted by atomic mass is 35.5. The number of aromatic carboxylic acids is 1. The lowest BCUT2D eigenvalue weighted by Crippen LogP contribution is -2.20. The second-order valence-electron chi connectivity index (χ2n) is 6.95. The first-order valence-corrected chi connectivity index (χ1v) is 12.4. The normalized spacial score (nSPS) is 14.7. The number of halogens is 2. The summed E-state index contributed by atoms with van der Waals surface area (Å²) in [6, 6.07) is 5.30. The molecular weight excluding hydrogens is 449 g/mol. The van der Waals surface area contributed by atoms with Crippen molar-refractivity contribution in [3.8, 4) is 0 Å². The molecule has 2 aromatic rings. The summed E-state index contributed by atoms with van der Waals surface area (Å²) in [4.78, 5) is 20.9. The fourth-order valence-electron chi connectivity index (χ4n) is 3.35. The van der Waals surface area contributed by atoms with Crippen LogP contribution in [0.25, 0.3) is 0 Å². The van der Waals surface area contributed by atoms with Gasteiger partial charge in [-0.1, -0.05) is 60.3 Å². The first-order valence-electron chi connectivity index (χ1n) is 9.48. The fourth-order valence-corrected chi connectivity index (χ4v) is 5.35. The summed E-state index contributed by atoms with van der Waals surface area (Å²) >= 11 is 15.0. The minimum atomic E-state index is -1.03. The Morgan fingerprint density at radius 1 is 1.24 bits per heavy atom. The third-order valence-electron chi connectivity index (χ3n) is 4.91. The summed E-state index contributed by atoms with van der Waals surface area (Å²) in [6.07, 6.45) is 7.99. The molecule has 9 heteroatoms. The third kappa shape index (κ3) is 6.17. The van der Waals surface area contributed by atoms with Crippen molar-refractivity contribution in [2.24, 2.45) is 5.92 Å². The number of nitrogens with one attached hydrogen (secondary N) is 1. The highest BCUT2D eigenvalue weighted by Crippen LogP contribution is 2.33. The lowest BCUT2D eigenvalue weighted by Gasteiger charge is -2.22. The number of benzene rings is 1. The van der Waals surface area contributed by atoms with Crippen molar-refractivity contribution in [2.45, 2.75) is 48.0 Å². The zero-order valence-electron chi connectivity index (χ0n) is 16.1. The van der Waals surface area contributed by atoms with Crippen molar-refractivity contribution in [2.75, 3.05) is 18.1 Å². The van der Waals surface area contributed by atoms with Gasteiger partial charge in [0.2, 0.25) is 0 Å². The van der Waals surface area contributed by atoms with E-state index in [4.69, 9.17) is 23.2 Å². The maximum Gasteiger partial charge on any atom is 0.342 e. The van der Waals surface area contributed by atoms with Crippen molar-refractivity contribution in [3.63, 3.8) is 0 Å². The summed E-state index contributed by atoms with van der Waals surface area (Å²) in [7, 11) is 0. The summed E-state index contributed by atoms with van der Waals surface area (Å²) < 4.78 is 0. The van der Waals surface area contributed by atoms with Crippen LogP contribution in [0.4, 0.5) is 5.82 Å². The van der Waals surface area contributed by atoms with Gasteiger partial charge in [-0.05, 0) is 42.7 Å². The van der Waals surface area contributed by atoms with Crippen molar-refractivity contribution >= 4 is 58.5 Å². The van der Waals surface area contributed by atoms with Gasteiger partial charge in [-0.25, -0.2) is 14.8 Å². The van der Waals surface area contributed by atoms with Gasteiger partial charge in [-0.2, -0.15) is 0 Å². The number of aromatic nitrogens is 2. The van der Waals surface area contributed by atoms with Crippen LogP contribution in [0, 0.1) is 5.92 Å². The monoisotopic (exact) mass is 471 g/mol. The maximum absolute atomic E-state index is 12.0. The van der Waals surface area contributed by atoms with E-state index in [1.165, 1.54) is 55.6 Å². The van der Waals surface area contributed by atoms with Crippen LogP contribution in [0.15, 0.2) is 28.4 Å². The largest absolute Gasteiger partial charge is 0.477 e. The molecule has 0 unspecified atom stereocenters. The summed E-state index contributed by atoms with van der Waals surface area (Å²) in [5.74, 6) is 0.408. The number of carboxylic acids is 1. The smallest absolute Gasteiger partial charge is 0.342 e. The fraction of sp³-hybridized carbons (Fsp3) is 0.450. The summed E-state index contributed by atoms with van der Waals surface area (Å²) in [6.45, 7) is 0.734. The maximum atomic E-state index is 12.0. The summed E-state index contributed by atoms with van der Waals surface area (Å²) in [5.41, 5.74) is 0.993. The number of nitrogens with zero attached hydrogens (tertiary/aromatic N) is 2. The SMILES string of the molecule is CSc1nc(NCC2CCCCC2)c(C(=O)O)c(SCc2ccc(Cl)cc2Cl)n1. The van der Waals surface area contributed by atoms with Gasteiger partial charge in [0, 0.05) is 22.3 Å². The Labute approximate surface area is 189 Å². The Balaban J connectivity index is 1.83. The van der Waals surface area contributed by atoms with Crippen molar-refractivity contribution in [3.05, 3.63) is 39.4 Å². The molecule has 29 heavy (non-hydrogen) atoms. The molecule has 1 aliphatic carbocycles. The average Bonchev–Trinajstić information content (AvgIpc) is 2.71.